The van der Waals surface area contributed by atoms with E-state index in [0.29, 0.717) is 31.6 Å². The zero-order chi connectivity index (χ0) is 25.8. The van der Waals surface area contributed by atoms with Crippen LogP contribution in [0.15, 0.2) is 29.5 Å². The molecular formula is C24H32FN3O7. The lowest BCUT2D eigenvalue weighted by Crippen LogP contribution is -2.45. The van der Waals surface area contributed by atoms with Gasteiger partial charge in [-0.05, 0) is 45.7 Å². The van der Waals surface area contributed by atoms with Crippen LogP contribution in [0.5, 0.6) is 0 Å². The largest absolute Gasteiger partial charge is 0.466 e. The highest BCUT2D eigenvalue weighted by atomic mass is 19.1. The fourth-order valence-corrected chi connectivity index (χ4v) is 3.98. The second-order valence-corrected chi connectivity index (χ2v) is 9.24. The number of likely N-dealkylation sites (tertiary alicyclic amines) is 1. The summed E-state index contributed by atoms with van der Waals surface area (Å²) >= 11 is 0. The average Bonchev–Trinajstić information content (AvgIpc) is 2.82. The summed E-state index contributed by atoms with van der Waals surface area (Å²) in [6, 6.07) is 4.42. The topological polar surface area (TPSA) is 107 Å². The van der Waals surface area contributed by atoms with Crippen molar-refractivity contribution in [2.75, 3.05) is 50.9 Å². The van der Waals surface area contributed by atoms with E-state index in [-0.39, 0.29) is 42.4 Å². The third-order valence-corrected chi connectivity index (χ3v) is 5.60. The molecule has 2 aliphatic heterocycles. The molecule has 0 atom stereocenters. The number of carbonyl (C=O) groups is 3. The number of nitrogens with one attached hydrogen (secondary N) is 1. The number of benzene rings is 1. The van der Waals surface area contributed by atoms with Crippen LogP contribution in [0.1, 0.15) is 33.6 Å². The van der Waals surface area contributed by atoms with Crippen LogP contribution in [-0.2, 0) is 28.5 Å². The van der Waals surface area contributed by atoms with Crippen LogP contribution in [0.25, 0.3) is 0 Å². The first-order chi connectivity index (χ1) is 16.6. The number of anilines is 2. The fraction of sp³-hybridized carbons (Fsp3) is 0.542. The molecular weight excluding hydrogens is 461 g/mol. The Hall–Kier alpha value is -3.34. The predicted molar refractivity (Wildman–Crippen MR) is 125 cm³/mol. The summed E-state index contributed by atoms with van der Waals surface area (Å²) in [6.07, 6.45) is 0.855. The van der Waals surface area contributed by atoms with Gasteiger partial charge in [0, 0.05) is 19.1 Å². The number of hydrogen-bond acceptors (Lipinski definition) is 9. The molecule has 192 valence electrons. The molecule has 1 aromatic carbocycles. The second kappa shape index (κ2) is 10.9. The Morgan fingerprint density at radius 1 is 1.09 bits per heavy atom. The van der Waals surface area contributed by atoms with Crippen molar-refractivity contribution in [1.82, 2.24) is 4.90 Å². The Kier molecular flexibility index (Phi) is 8.21. The van der Waals surface area contributed by atoms with Gasteiger partial charge in [0.05, 0.1) is 32.1 Å². The molecule has 2 aliphatic rings. The number of para-hydroxylation sites is 1. The van der Waals surface area contributed by atoms with Crippen LogP contribution in [0.4, 0.5) is 20.6 Å². The van der Waals surface area contributed by atoms with E-state index >= 15 is 4.39 Å². The van der Waals surface area contributed by atoms with Gasteiger partial charge in [0.2, 0.25) is 0 Å². The molecule has 2 heterocycles. The SMILES string of the molecule is COC(=O)C1=C(C(=O)OC)N(c2c(F)cccc2NC2CCN(C(=O)OC(C)(C)C)CC2)COC1. The van der Waals surface area contributed by atoms with Crippen molar-refractivity contribution in [3.05, 3.63) is 35.3 Å². The molecule has 0 unspecified atom stereocenters. The smallest absolute Gasteiger partial charge is 0.410 e. The van der Waals surface area contributed by atoms with E-state index in [1.807, 2.05) is 20.8 Å². The van der Waals surface area contributed by atoms with Gasteiger partial charge in [0.15, 0.2) is 0 Å². The van der Waals surface area contributed by atoms with E-state index < -0.39 is 23.4 Å². The Labute approximate surface area is 203 Å². The molecule has 0 aromatic heterocycles. The van der Waals surface area contributed by atoms with Crippen molar-refractivity contribution < 1.29 is 37.7 Å². The molecule has 0 saturated carbocycles. The molecule has 35 heavy (non-hydrogen) atoms. The van der Waals surface area contributed by atoms with Gasteiger partial charge < -0.3 is 34.1 Å². The van der Waals surface area contributed by atoms with Gasteiger partial charge in [-0.2, -0.15) is 0 Å². The van der Waals surface area contributed by atoms with Crippen LogP contribution < -0.4 is 10.2 Å². The van der Waals surface area contributed by atoms with E-state index in [9.17, 15) is 14.4 Å². The summed E-state index contributed by atoms with van der Waals surface area (Å²) in [5.74, 6) is -2.19. The Morgan fingerprint density at radius 3 is 2.34 bits per heavy atom. The maximum Gasteiger partial charge on any atom is 0.410 e. The lowest BCUT2D eigenvalue weighted by Gasteiger charge is -2.36. The van der Waals surface area contributed by atoms with Gasteiger partial charge in [0.25, 0.3) is 0 Å². The van der Waals surface area contributed by atoms with Gasteiger partial charge in [-0.25, -0.2) is 18.8 Å². The van der Waals surface area contributed by atoms with E-state index in [1.54, 1.807) is 17.0 Å². The maximum absolute atomic E-state index is 15.2. The number of methoxy groups -OCH3 is 2. The number of piperidine rings is 1. The van der Waals surface area contributed by atoms with E-state index in [1.165, 1.54) is 25.2 Å². The number of ether oxygens (including phenoxy) is 4. The Morgan fingerprint density at radius 2 is 1.74 bits per heavy atom. The van der Waals surface area contributed by atoms with Gasteiger partial charge in [-0.3, -0.25) is 0 Å². The molecule has 11 heteroatoms. The molecule has 1 N–H and O–H groups in total. The normalized spacial score (nSPS) is 17.2. The predicted octanol–water partition coefficient (Wildman–Crippen LogP) is 3.03. The minimum Gasteiger partial charge on any atom is -0.466 e. The lowest BCUT2D eigenvalue weighted by atomic mass is 10.0. The van der Waals surface area contributed by atoms with Crippen molar-refractivity contribution in [2.45, 2.75) is 45.3 Å². The molecule has 0 radical (unpaired) electrons. The summed E-state index contributed by atoms with van der Waals surface area (Å²) in [6.45, 7) is 6.06. The molecule has 1 fully saturated rings. The van der Waals surface area contributed by atoms with Crippen molar-refractivity contribution in [1.29, 1.82) is 0 Å². The van der Waals surface area contributed by atoms with Crippen LogP contribution in [0, 0.1) is 5.82 Å². The number of halogens is 1. The summed E-state index contributed by atoms with van der Waals surface area (Å²) < 4.78 is 35.7. The van der Waals surface area contributed by atoms with Gasteiger partial charge in [-0.1, -0.05) is 6.07 Å². The average molecular weight is 494 g/mol. The van der Waals surface area contributed by atoms with Crippen LogP contribution >= 0.6 is 0 Å². The monoisotopic (exact) mass is 493 g/mol. The standard InChI is InChI=1S/C24H32FN3O7/c1-24(2,3)35-23(31)27-11-9-15(10-12-27)26-18-8-6-7-17(25)20(18)28-14-34-13-16(21(29)32-4)19(28)22(30)33-5/h6-8,15,26H,9-14H2,1-5H3. The number of carbonyl (C=O) groups excluding carboxylic acids is 3. The first kappa shape index (κ1) is 26.3. The highest BCUT2D eigenvalue weighted by Gasteiger charge is 2.35. The molecule has 1 amide bonds. The molecule has 1 aromatic rings. The number of rotatable bonds is 5. The third kappa shape index (κ3) is 6.21. The van der Waals surface area contributed by atoms with Gasteiger partial charge in [-0.15, -0.1) is 0 Å². The Bertz CT molecular complexity index is 997. The summed E-state index contributed by atoms with van der Waals surface area (Å²) in [7, 11) is 2.36. The number of amides is 1. The van der Waals surface area contributed by atoms with E-state index in [4.69, 9.17) is 18.9 Å². The number of esters is 2. The van der Waals surface area contributed by atoms with E-state index in [2.05, 4.69) is 5.32 Å². The van der Waals surface area contributed by atoms with Crippen molar-refractivity contribution in [3.63, 3.8) is 0 Å². The summed E-state index contributed by atoms with van der Waals surface area (Å²) in [4.78, 5) is 40.2. The van der Waals surface area contributed by atoms with Gasteiger partial charge >= 0.3 is 18.0 Å². The van der Waals surface area contributed by atoms with E-state index in [0.717, 1.165) is 0 Å². The quantitative estimate of drug-likeness (QED) is 0.489. The molecule has 1 saturated heterocycles. The van der Waals surface area contributed by atoms with Crippen molar-refractivity contribution in [2.24, 2.45) is 0 Å². The molecule has 3 rings (SSSR count). The van der Waals surface area contributed by atoms with Crippen LogP contribution in [0.3, 0.4) is 0 Å². The minimum absolute atomic E-state index is 0.0450. The van der Waals surface area contributed by atoms with Crippen molar-refractivity contribution >= 4 is 29.4 Å². The van der Waals surface area contributed by atoms with Crippen LogP contribution in [0.2, 0.25) is 0 Å². The third-order valence-electron chi connectivity index (χ3n) is 5.60. The first-order valence-corrected chi connectivity index (χ1v) is 11.3. The first-order valence-electron chi connectivity index (χ1n) is 11.3. The molecule has 0 aliphatic carbocycles. The fourth-order valence-electron chi connectivity index (χ4n) is 3.98. The Balaban J connectivity index is 1.84. The highest BCUT2D eigenvalue weighted by molar-refractivity contribution is 6.04. The highest BCUT2D eigenvalue weighted by Crippen LogP contribution is 2.36. The van der Waals surface area contributed by atoms with Gasteiger partial charge in [0.1, 0.15) is 29.5 Å². The zero-order valence-electron chi connectivity index (χ0n) is 20.7. The lowest BCUT2D eigenvalue weighted by molar-refractivity contribution is -0.140. The number of nitrogens with zero attached hydrogens (tertiary/aromatic N) is 2. The van der Waals surface area contributed by atoms with Crippen molar-refractivity contribution in [3.8, 4) is 0 Å². The van der Waals surface area contributed by atoms with Crippen LogP contribution in [-0.4, -0.2) is 75.2 Å². The molecule has 10 nitrogen and oxygen atoms in total. The number of hydrogen-bond donors (Lipinski definition) is 1. The summed E-state index contributed by atoms with van der Waals surface area (Å²) in [5.41, 5.74) is -0.322. The minimum atomic E-state index is -0.812. The summed E-state index contributed by atoms with van der Waals surface area (Å²) in [5, 5.41) is 3.32. The second-order valence-electron chi connectivity index (χ2n) is 9.24. The zero-order valence-corrected chi connectivity index (χ0v) is 20.7. The molecule has 0 bridgehead atoms. The maximum atomic E-state index is 15.2. The molecule has 0 spiro atoms.